The molecule has 238 valence electrons. The molecule has 0 saturated carbocycles. The van der Waals surface area contributed by atoms with Crippen LogP contribution < -0.4 is 49.7 Å². The van der Waals surface area contributed by atoms with Crippen LogP contribution in [0.4, 0.5) is 0 Å². The lowest BCUT2D eigenvalue weighted by molar-refractivity contribution is -0.139. The maximum atomic E-state index is 13.4. The zero-order chi connectivity index (χ0) is 31.3. The zero-order valence-corrected chi connectivity index (χ0v) is 25.2. The van der Waals surface area contributed by atoms with E-state index < -0.39 is 41.9 Å². The Bertz CT molecular complexity index is 931. The lowest BCUT2D eigenvalue weighted by atomic mass is 9.97. The van der Waals surface area contributed by atoms with E-state index in [4.69, 9.17) is 22.9 Å². The second-order valence-electron chi connectivity index (χ2n) is 10.8. The highest BCUT2D eigenvalue weighted by Gasteiger charge is 2.31. The number of hydrogen-bond donors (Lipinski definition) is 9. The Labute approximate surface area is 250 Å². The van der Waals surface area contributed by atoms with E-state index in [0.29, 0.717) is 44.6 Å². The van der Waals surface area contributed by atoms with Gasteiger partial charge in [0.05, 0.1) is 12.1 Å². The molecule has 0 unspecified atom stereocenters. The van der Waals surface area contributed by atoms with E-state index in [0.717, 1.165) is 25.7 Å². The fraction of sp³-hybridized carbons (Fsp3) is 0.655. The van der Waals surface area contributed by atoms with E-state index >= 15 is 0 Å². The molecule has 1 aromatic carbocycles. The molecule has 13 nitrogen and oxygen atoms in total. The number of nitrogens with two attached hydrogens (primary N) is 4. The Hall–Kier alpha value is -2.78. The van der Waals surface area contributed by atoms with Crippen LogP contribution in [0.25, 0.3) is 0 Å². The van der Waals surface area contributed by atoms with Crippen molar-refractivity contribution < 1.29 is 19.2 Å². The van der Waals surface area contributed by atoms with Crippen LogP contribution in [0.15, 0.2) is 30.3 Å². The minimum atomic E-state index is -1.03. The summed E-state index contributed by atoms with van der Waals surface area (Å²) in [6.45, 7) is 5.67. The number of nitrogens with one attached hydrogen (secondary N) is 5. The second-order valence-corrected chi connectivity index (χ2v) is 10.8. The van der Waals surface area contributed by atoms with Crippen LogP contribution in [-0.4, -0.2) is 74.0 Å². The maximum Gasteiger partial charge on any atom is 0.239 e. The highest BCUT2D eigenvalue weighted by Crippen LogP contribution is 2.09. The number of Topliss-reactive ketones (excluding diaryl/α,β-unsaturated/α-hetero) is 2. The SMILES string of the molecule is CC(C)[C@H](NN[C@@H](CCCCN)C(=O)NCCCCN)C(=O)N[C@@H](CCCNC(N)N)C(=O)C(=O)Cc1ccccc1. The molecule has 0 aliphatic rings. The van der Waals surface area contributed by atoms with Crippen LogP contribution in [0.2, 0.25) is 0 Å². The first kappa shape index (κ1) is 37.2. The van der Waals surface area contributed by atoms with Crippen molar-refractivity contribution in [2.45, 2.75) is 89.6 Å². The van der Waals surface area contributed by atoms with Gasteiger partial charge in [0.25, 0.3) is 0 Å². The van der Waals surface area contributed by atoms with Gasteiger partial charge in [0.2, 0.25) is 23.4 Å². The molecule has 0 aromatic heterocycles. The van der Waals surface area contributed by atoms with E-state index in [9.17, 15) is 19.2 Å². The number of amides is 2. The van der Waals surface area contributed by atoms with Crippen molar-refractivity contribution in [3.05, 3.63) is 35.9 Å². The van der Waals surface area contributed by atoms with Crippen molar-refractivity contribution in [2.75, 3.05) is 26.2 Å². The Balaban J connectivity index is 2.94. The van der Waals surface area contributed by atoms with Crippen LogP contribution in [0.3, 0.4) is 0 Å². The van der Waals surface area contributed by atoms with E-state index in [-0.39, 0.29) is 24.7 Å². The Morgan fingerprint density at radius 2 is 1.40 bits per heavy atom. The monoisotopic (exact) mass is 591 g/mol. The third kappa shape index (κ3) is 15.4. The molecule has 0 spiro atoms. The van der Waals surface area contributed by atoms with Gasteiger partial charge < -0.3 is 33.6 Å². The molecule has 0 fully saturated rings. The standard InChI is InChI=1S/C29H53N9O4/c1-20(2)25(38-37-23(13-6-7-15-30)27(41)34-17-9-8-16-31)28(42)36-22(14-10-18-35-29(32)33)26(40)24(39)19-21-11-4-3-5-12-21/h3-5,11-12,20,22-23,25,29,35,37-38H,6-10,13-19,30-33H2,1-2H3,(H,34,41)(H,36,42)/t22-,23-,25-/m0/s1. The van der Waals surface area contributed by atoms with Gasteiger partial charge in [-0.05, 0) is 69.6 Å². The summed E-state index contributed by atoms with van der Waals surface area (Å²) < 4.78 is 0. The highest BCUT2D eigenvalue weighted by molar-refractivity contribution is 6.39. The average molecular weight is 592 g/mol. The first-order chi connectivity index (χ1) is 20.1. The molecule has 0 heterocycles. The van der Waals surface area contributed by atoms with E-state index in [1.807, 2.05) is 19.9 Å². The molecule has 13 heteroatoms. The summed E-state index contributed by atoms with van der Waals surface area (Å²) in [5, 5.41) is 8.54. The molecule has 42 heavy (non-hydrogen) atoms. The van der Waals surface area contributed by atoms with Crippen LogP contribution in [0.1, 0.15) is 64.4 Å². The van der Waals surface area contributed by atoms with Crippen molar-refractivity contribution in [2.24, 2.45) is 28.9 Å². The van der Waals surface area contributed by atoms with Crippen molar-refractivity contribution in [1.82, 2.24) is 26.8 Å². The molecule has 0 aliphatic heterocycles. The summed E-state index contributed by atoms with van der Waals surface area (Å²) in [6, 6.07) is 6.55. The highest BCUT2D eigenvalue weighted by atomic mass is 16.2. The predicted molar refractivity (Wildman–Crippen MR) is 164 cm³/mol. The first-order valence-corrected chi connectivity index (χ1v) is 14.9. The maximum absolute atomic E-state index is 13.4. The fourth-order valence-electron chi connectivity index (χ4n) is 4.26. The van der Waals surface area contributed by atoms with Crippen LogP contribution in [-0.2, 0) is 25.6 Å². The second kappa shape index (κ2) is 21.9. The molecule has 0 saturated heterocycles. The van der Waals surface area contributed by atoms with Gasteiger partial charge in [-0.3, -0.25) is 24.5 Å². The molecule has 1 aromatic rings. The van der Waals surface area contributed by atoms with Crippen LogP contribution in [0, 0.1) is 5.92 Å². The number of carbonyl (C=O) groups is 4. The summed E-state index contributed by atoms with van der Waals surface area (Å²) in [6.07, 6.45) is 3.48. The van der Waals surface area contributed by atoms with Crippen molar-refractivity contribution in [3.8, 4) is 0 Å². The molecular formula is C29H53N9O4. The van der Waals surface area contributed by atoms with E-state index in [2.05, 4.69) is 26.8 Å². The van der Waals surface area contributed by atoms with Gasteiger partial charge in [0.1, 0.15) is 12.3 Å². The van der Waals surface area contributed by atoms with Crippen molar-refractivity contribution >= 4 is 23.4 Å². The quantitative estimate of drug-likeness (QED) is 0.0303. The summed E-state index contributed by atoms with van der Waals surface area (Å²) in [4.78, 5) is 52.4. The smallest absolute Gasteiger partial charge is 0.239 e. The average Bonchev–Trinajstić information content (AvgIpc) is 2.95. The Kier molecular flexibility index (Phi) is 19.4. The van der Waals surface area contributed by atoms with Gasteiger partial charge in [-0.2, -0.15) is 0 Å². The Morgan fingerprint density at radius 1 is 0.762 bits per heavy atom. The predicted octanol–water partition coefficient (Wildman–Crippen LogP) is -1.11. The molecule has 2 amide bonds. The first-order valence-electron chi connectivity index (χ1n) is 14.9. The summed E-state index contributed by atoms with van der Waals surface area (Å²) in [7, 11) is 0. The molecule has 0 radical (unpaired) electrons. The minimum absolute atomic E-state index is 0.0593. The van der Waals surface area contributed by atoms with Crippen LogP contribution >= 0.6 is 0 Å². The van der Waals surface area contributed by atoms with Crippen molar-refractivity contribution in [1.29, 1.82) is 0 Å². The summed E-state index contributed by atoms with van der Waals surface area (Å²) in [5.41, 5.74) is 29.0. The number of carbonyl (C=O) groups excluding carboxylic acids is 4. The molecule has 3 atom stereocenters. The molecule has 0 bridgehead atoms. The largest absolute Gasteiger partial charge is 0.355 e. The molecule has 0 aliphatic carbocycles. The molecular weight excluding hydrogens is 538 g/mol. The van der Waals surface area contributed by atoms with Crippen molar-refractivity contribution in [3.63, 3.8) is 0 Å². The molecule has 1 rings (SSSR count). The lowest BCUT2D eigenvalue weighted by Crippen LogP contribution is -2.60. The number of benzene rings is 1. The van der Waals surface area contributed by atoms with Gasteiger partial charge in [-0.15, -0.1) is 0 Å². The lowest BCUT2D eigenvalue weighted by Gasteiger charge is -2.27. The summed E-state index contributed by atoms with van der Waals surface area (Å²) in [5.74, 6) is -2.12. The minimum Gasteiger partial charge on any atom is -0.355 e. The van der Waals surface area contributed by atoms with Gasteiger partial charge in [-0.25, -0.2) is 10.9 Å². The number of hydrogen-bond acceptors (Lipinski definition) is 11. The Morgan fingerprint density at radius 3 is 2.02 bits per heavy atom. The van der Waals surface area contributed by atoms with E-state index in [1.165, 1.54) is 0 Å². The number of rotatable bonds is 24. The van der Waals surface area contributed by atoms with Crippen LogP contribution in [0.5, 0.6) is 0 Å². The van der Waals surface area contributed by atoms with Gasteiger partial charge in [0.15, 0.2) is 0 Å². The van der Waals surface area contributed by atoms with Gasteiger partial charge in [0, 0.05) is 13.0 Å². The topological polar surface area (TPSA) is 233 Å². The zero-order valence-electron chi connectivity index (χ0n) is 25.2. The number of ketones is 2. The third-order valence-electron chi connectivity index (χ3n) is 6.72. The fourth-order valence-corrected chi connectivity index (χ4v) is 4.26. The number of hydrazine groups is 1. The normalized spacial score (nSPS) is 13.5. The van der Waals surface area contributed by atoms with Gasteiger partial charge >= 0.3 is 0 Å². The number of unbranched alkanes of at least 4 members (excludes halogenated alkanes) is 2. The third-order valence-corrected chi connectivity index (χ3v) is 6.72. The van der Waals surface area contributed by atoms with E-state index in [1.54, 1.807) is 24.3 Å². The van der Waals surface area contributed by atoms with Gasteiger partial charge in [-0.1, -0.05) is 50.6 Å². The molecule has 13 N–H and O–H groups in total. The summed E-state index contributed by atoms with van der Waals surface area (Å²) >= 11 is 0.